The molecule has 0 saturated heterocycles. The van der Waals surface area contributed by atoms with Crippen LogP contribution in [0.15, 0.2) is 36.7 Å². The third-order valence-corrected chi connectivity index (χ3v) is 8.85. The van der Waals surface area contributed by atoms with Crippen molar-refractivity contribution in [3.63, 3.8) is 0 Å². The van der Waals surface area contributed by atoms with Crippen LogP contribution in [-0.4, -0.2) is 9.97 Å². The lowest BCUT2D eigenvalue weighted by Crippen LogP contribution is -2.25. The van der Waals surface area contributed by atoms with Gasteiger partial charge >= 0.3 is 0 Å². The Labute approximate surface area is 233 Å². The van der Waals surface area contributed by atoms with E-state index in [1.807, 2.05) is 12.4 Å². The molecule has 38 heavy (non-hydrogen) atoms. The molecule has 3 heteroatoms. The SMILES string of the molecule is CCCCCCCCCC[C@]1(C#N)CC[C@H](c2ccc(-c3ncc(CCCCCCCC)cn3)cc2)CC1. The van der Waals surface area contributed by atoms with Crippen molar-refractivity contribution in [2.45, 2.75) is 148 Å². The lowest BCUT2D eigenvalue weighted by molar-refractivity contribution is 0.222. The first-order chi connectivity index (χ1) is 18.7. The minimum atomic E-state index is -0.0796. The summed E-state index contributed by atoms with van der Waals surface area (Å²) >= 11 is 0. The van der Waals surface area contributed by atoms with Gasteiger partial charge in [-0.05, 0) is 62.0 Å². The standard InChI is InChI=1S/C35H53N3/c1-3-5-7-9-11-12-14-16-24-35(29-36)25-22-32(23-26-35)31-18-20-33(21-19-31)34-37-27-30(28-38-34)17-15-13-10-8-6-4-2/h18-21,27-28,32H,3-17,22-26H2,1-2H3/t32-,35-. The quantitative estimate of drug-likeness (QED) is 0.185. The Balaban J connectivity index is 1.40. The molecule has 3 rings (SSSR count). The zero-order valence-corrected chi connectivity index (χ0v) is 24.5. The van der Waals surface area contributed by atoms with Crippen molar-refractivity contribution >= 4 is 0 Å². The van der Waals surface area contributed by atoms with E-state index in [4.69, 9.17) is 0 Å². The first kappa shape index (κ1) is 30.3. The Kier molecular flexibility index (Phi) is 13.9. The maximum atomic E-state index is 10.0. The normalized spacial score (nSPS) is 19.3. The van der Waals surface area contributed by atoms with E-state index < -0.39 is 0 Å². The van der Waals surface area contributed by atoms with Crippen LogP contribution in [0.4, 0.5) is 0 Å². The van der Waals surface area contributed by atoms with Gasteiger partial charge in [-0.15, -0.1) is 0 Å². The second-order valence-electron chi connectivity index (χ2n) is 11.9. The molecule has 3 nitrogen and oxygen atoms in total. The first-order valence-corrected chi connectivity index (χ1v) is 16.0. The number of hydrogen-bond acceptors (Lipinski definition) is 3. The van der Waals surface area contributed by atoms with Crippen LogP contribution < -0.4 is 0 Å². The van der Waals surface area contributed by atoms with Gasteiger partial charge < -0.3 is 0 Å². The number of rotatable bonds is 18. The molecule has 208 valence electrons. The van der Waals surface area contributed by atoms with E-state index in [1.54, 1.807) is 0 Å². The zero-order chi connectivity index (χ0) is 26.9. The molecule has 1 aliphatic carbocycles. The van der Waals surface area contributed by atoms with Gasteiger partial charge in [0, 0.05) is 18.0 Å². The van der Waals surface area contributed by atoms with Gasteiger partial charge in [-0.2, -0.15) is 5.26 Å². The maximum Gasteiger partial charge on any atom is 0.159 e. The minimum Gasteiger partial charge on any atom is -0.236 e. The Hall–Kier alpha value is -2.21. The summed E-state index contributed by atoms with van der Waals surface area (Å²) in [6.45, 7) is 4.54. The molecule has 2 aromatic rings. The van der Waals surface area contributed by atoms with E-state index in [2.05, 4.69) is 54.2 Å². The molecule has 0 unspecified atom stereocenters. The van der Waals surface area contributed by atoms with Crippen LogP contribution in [0.5, 0.6) is 0 Å². The molecule has 1 aromatic heterocycles. The van der Waals surface area contributed by atoms with Gasteiger partial charge in [-0.25, -0.2) is 9.97 Å². The van der Waals surface area contributed by atoms with Gasteiger partial charge in [0.2, 0.25) is 0 Å². The molecule has 1 heterocycles. The van der Waals surface area contributed by atoms with Gasteiger partial charge in [0.15, 0.2) is 5.82 Å². The summed E-state index contributed by atoms with van der Waals surface area (Å²) in [7, 11) is 0. The molecule has 1 fully saturated rings. The van der Waals surface area contributed by atoms with Crippen molar-refractivity contribution in [3.05, 3.63) is 47.8 Å². The zero-order valence-electron chi connectivity index (χ0n) is 24.5. The van der Waals surface area contributed by atoms with Gasteiger partial charge in [0.1, 0.15) is 0 Å². The molecule has 0 N–H and O–H groups in total. The molecule has 1 aliphatic rings. The van der Waals surface area contributed by atoms with E-state index in [-0.39, 0.29) is 5.41 Å². The molecule has 0 bridgehead atoms. The molecular formula is C35H53N3. The van der Waals surface area contributed by atoms with E-state index >= 15 is 0 Å². The third kappa shape index (κ3) is 10.2. The fraction of sp³-hybridized carbons (Fsp3) is 0.686. The van der Waals surface area contributed by atoms with Crippen molar-refractivity contribution in [2.24, 2.45) is 5.41 Å². The van der Waals surface area contributed by atoms with Crippen LogP contribution in [-0.2, 0) is 6.42 Å². The summed E-state index contributed by atoms with van der Waals surface area (Å²) in [5.41, 5.74) is 3.67. The second kappa shape index (κ2) is 17.4. The molecule has 0 radical (unpaired) electrons. The first-order valence-electron chi connectivity index (χ1n) is 16.0. The number of aryl methyl sites for hydroxylation is 1. The summed E-state index contributed by atoms with van der Waals surface area (Å²) in [4.78, 5) is 9.32. The smallest absolute Gasteiger partial charge is 0.159 e. The highest BCUT2D eigenvalue weighted by molar-refractivity contribution is 5.55. The fourth-order valence-corrected chi connectivity index (χ4v) is 6.17. The van der Waals surface area contributed by atoms with E-state index in [0.717, 1.165) is 49.9 Å². The molecule has 0 spiro atoms. The third-order valence-electron chi connectivity index (χ3n) is 8.85. The van der Waals surface area contributed by atoms with Crippen LogP contribution in [0.3, 0.4) is 0 Å². The predicted octanol–water partition coefficient (Wildman–Crippen LogP) is 10.7. The highest BCUT2D eigenvalue weighted by atomic mass is 14.9. The molecule has 0 aliphatic heterocycles. The Bertz CT molecular complexity index is 917. The Morgan fingerprint density at radius 1 is 0.737 bits per heavy atom. The van der Waals surface area contributed by atoms with E-state index in [0.29, 0.717) is 5.92 Å². The second-order valence-corrected chi connectivity index (χ2v) is 11.9. The topological polar surface area (TPSA) is 49.6 Å². The maximum absolute atomic E-state index is 10.0. The van der Waals surface area contributed by atoms with Crippen LogP contribution in [0.25, 0.3) is 11.4 Å². The van der Waals surface area contributed by atoms with Gasteiger partial charge in [-0.1, -0.05) is 122 Å². The summed E-state index contributed by atoms with van der Waals surface area (Å²) < 4.78 is 0. The van der Waals surface area contributed by atoms with Crippen molar-refractivity contribution in [1.82, 2.24) is 9.97 Å². The fourth-order valence-electron chi connectivity index (χ4n) is 6.17. The lowest BCUT2D eigenvalue weighted by atomic mass is 9.67. The number of nitriles is 1. The predicted molar refractivity (Wildman–Crippen MR) is 161 cm³/mol. The van der Waals surface area contributed by atoms with Crippen molar-refractivity contribution in [1.29, 1.82) is 5.26 Å². The van der Waals surface area contributed by atoms with E-state index in [1.165, 1.54) is 101 Å². The Morgan fingerprint density at radius 2 is 1.26 bits per heavy atom. The van der Waals surface area contributed by atoms with E-state index in [9.17, 15) is 5.26 Å². The summed E-state index contributed by atoms with van der Waals surface area (Å²) in [6, 6.07) is 11.7. The number of nitrogens with zero attached hydrogens (tertiary/aromatic N) is 3. The lowest BCUT2D eigenvalue weighted by Gasteiger charge is -2.35. The molecule has 1 aromatic carbocycles. The number of benzene rings is 1. The van der Waals surface area contributed by atoms with Gasteiger partial charge in [-0.3, -0.25) is 0 Å². The number of unbranched alkanes of at least 4 members (excludes halogenated alkanes) is 12. The van der Waals surface area contributed by atoms with Crippen molar-refractivity contribution in [3.8, 4) is 17.5 Å². The largest absolute Gasteiger partial charge is 0.236 e. The molecular weight excluding hydrogens is 462 g/mol. The summed E-state index contributed by atoms with van der Waals surface area (Å²) in [5, 5.41) is 10.0. The van der Waals surface area contributed by atoms with Gasteiger partial charge in [0.25, 0.3) is 0 Å². The molecule has 0 atom stereocenters. The van der Waals surface area contributed by atoms with Crippen molar-refractivity contribution in [2.75, 3.05) is 0 Å². The van der Waals surface area contributed by atoms with Gasteiger partial charge in [0.05, 0.1) is 11.5 Å². The number of aromatic nitrogens is 2. The average Bonchev–Trinajstić information content (AvgIpc) is 2.97. The van der Waals surface area contributed by atoms with Crippen LogP contribution in [0.2, 0.25) is 0 Å². The van der Waals surface area contributed by atoms with Crippen molar-refractivity contribution < 1.29 is 0 Å². The van der Waals surface area contributed by atoms with Crippen LogP contribution in [0, 0.1) is 16.7 Å². The van der Waals surface area contributed by atoms with Crippen LogP contribution >= 0.6 is 0 Å². The Morgan fingerprint density at radius 3 is 1.82 bits per heavy atom. The summed E-state index contributed by atoms with van der Waals surface area (Å²) in [6.07, 6.45) is 29.2. The average molecular weight is 516 g/mol. The van der Waals surface area contributed by atoms with Crippen LogP contribution in [0.1, 0.15) is 153 Å². The molecule has 0 amide bonds. The highest BCUT2D eigenvalue weighted by Gasteiger charge is 2.35. The highest BCUT2D eigenvalue weighted by Crippen LogP contribution is 2.45. The number of hydrogen-bond donors (Lipinski definition) is 0. The molecule has 1 saturated carbocycles. The monoisotopic (exact) mass is 515 g/mol. The summed E-state index contributed by atoms with van der Waals surface area (Å²) in [5.74, 6) is 1.39. The minimum absolute atomic E-state index is 0.0796.